The Balaban J connectivity index is 1.95. The summed E-state index contributed by atoms with van der Waals surface area (Å²) in [5.74, 6) is 0.584. The fraction of sp³-hybridized carbons (Fsp3) is 0.312. The van der Waals surface area contributed by atoms with Crippen molar-refractivity contribution in [3.05, 3.63) is 59.4 Å². The summed E-state index contributed by atoms with van der Waals surface area (Å²) in [6.45, 7) is 7.23. The second-order valence-electron chi connectivity index (χ2n) is 4.94. The number of nitrogens with one attached hydrogen (secondary N) is 1. The van der Waals surface area contributed by atoms with Gasteiger partial charge in [0.15, 0.2) is 0 Å². The molecule has 0 saturated heterocycles. The molecule has 0 aliphatic carbocycles. The van der Waals surface area contributed by atoms with Crippen LogP contribution in [0.2, 0.25) is 0 Å². The van der Waals surface area contributed by atoms with Crippen molar-refractivity contribution in [1.29, 1.82) is 0 Å². The number of hydrogen-bond donors (Lipinski definition) is 1. The minimum absolute atomic E-state index is 0.584. The Hall–Kier alpha value is -1.83. The summed E-state index contributed by atoms with van der Waals surface area (Å²) in [4.78, 5) is 4.29. The van der Waals surface area contributed by atoms with E-state index >= 15 is 0 Å². The second kappa shape index (κ2) is 5.67. The molecular formula is C16H20N2. The van der Waals surface area contributed by atoms with E-state index in [1.807, 2.05) is 19.2 Å². The molecule has 0 radical (unpaired) electrons. The third-order valence-electron chi connectivity index (χ3n) is 3.05. The molecule has 0 unspecified atom stereocenters. The lowest BCUT2D eigenvalue weighted by molar-refractivity contribution is 0.867. The molecule has 2 aromatic rings. The van der Waals surface area contributed by atoms with Crippen molar-refractivity contribution in [2.24, 2.45) is 0 Å². The summed E-state index contributed by atoms with van der Waals surface area (Å²) in [5.41, 5.74) is 4.78. The third-order valence-corrected chi connectivity index (χ3v) is 3.05. The van der Waals surface area contributed by atoms with E-state index in [0.29, 0.717) is 5.92 Å². The first-order chi connectivity index (χ1) is 8.65. The summed E-state index contributed by atoms with van der Waals surface area (Å²) < 4.78 is 0. The molecule has 1 aromatic heterocycles. The molecule has 1 aromatic carbocycles. The van der Waals surface area contributed by atoms with Gasteiger partial charge in [-0.3, -0.25) is 4.98 Å². The Bertz CT molecular complexity index is 484. The van der Waals surface area contributed by atoms with Crippen molar-refractivity contribution in [2.45, 2.75) is 33.2 Å². The fourth-order valence-electron chi connectivity index (χ4n) is 1.79. The molecule has 2 heteroatoms. The zero-order chi connectivity index (χ0) is 13.0. The summed E-state index contributed by atoms with van der Waals surface area (Å²) in [5, 5.41) is 3.41. The van der Waals surface area contributed by atoms with Crippen LogP contribution in [0, 0.1) is 6.92 Å². The molecule has 1 N–H and O–H groups in total. The molecular weight excluding hydrogens is 220 g/mol. The van der Waals surface area contributed by atoms with Crippen LogP contribution < -0.4 is 5.32 Å². The molecule has 0 aliphatic rings. The average molecular weight is 240 g/mol. The summed E-state index contributed by atoms with van der Waals surface area (Å²) >= 11 is 0. The van der Waals surface area contributed by atoms with Gasteiger partial charge in [-0.15, -0.1) is 0 Å². The third kappa shape index (κ3) is 3.33. The lowest BCUT2D eigenvalue weighted by Crippen LogP contribution is -2.00. The molecule has 1 heterocycles. The Morgan fingerprint density at radius 1 is 1.06 bits per heavy atom. The number of hydrogen-bond acceptors (Lipinski definition) is 2. The van der Waals surface area contributed by atoms with Crippen molar-refractivity contribution < 1.29 is 0 Å². The van der Waals surface area contributed by atoms with Gasteiger partial charge in [-0.1, -0.05) is 32.0 Å². The standard InChI is InChI=1S/C16H20N2/c1-12(2)15-6-8-16(9-7-15)18-11-14-5-4-13(3)17-10-14/h4-10,12,18H,11H2,1-3H3. The van der Waals surface area contributed by atoms with E-state index in [1.54, 1.807) is 0 Å². The number of aromatic nitrogens is 1. The SMILES string of the molecule is Cc1ccc(CNc2ccc(C(C)C)cc2)cn1. The van der Waals surface area contributed by atoms with Crippen LogP contribution >= 0.6 is 0 Å². The normalized spacial score (nSPS) is 10.7. The van der Waals surface area contributed by atoms with Gasteiger partial charge in [0.25, 0.3) is 0 Å². The number of nitrogens with zero attached hydrogens (tertiary/aromatic N) is 1. The van der Waals surface area contributed by atoms with E-state index in [2.05, 4.69) is 54.5 Å². The maximum Gasteiger partial charge on any atom is 0.0416 e. The lowest BCUT2D eigenvalue weighted by Gasteiger charge is -2.09. The van der Waals surface area contributed by atoms with Crippen LogP contribution in [-0.4, -0.2) is 4.98 Å². The fourth-order valence-corrected chi connectivity index (χ4v) is 1.79. The molecule has 0 fully saturated rings. The molecule has 2 rings (SSSR count). The summed E-state index contributed by atoms with van der Waals surface area (Å²) in [6, 6.07) is 12.8. The minimum Gasteiger partial charge on any atom is -0.381 e. The van der Waals surface area contributed by atoms with Crippen molar-refractivity contribution >= 4 is 5.69 Å². The minimum atomic E-state index is 0.584. The molecule has 2 nitrogen and oxygen atoms in total. The first-order valence-electron chi connectivity index (χ1n) is 6.40. The molecule has 18 heavy (non-hydrogen) atoms. The Morgan fingerprint density at radius 2 is 1.78 bits per heavy atom. The molecule has 0 spiro atoms. The predicted octanol–water partition coefficient (Wildman–Crippen LogP) is 4.13. The number of anilines is 1. The maximum atomic E-state index is 4.29. The molecule has 0 amide bonds. The monoisotopic (exact) mass is 240 g/mol. The molecule has 0 aliphatic heterocycles. The van der Waals surface area contributed by atoms with Crippen LogP contribution in [-0.2, 0) is 6.54 Å². The Labute approximate surface area is 109 Å². The quantitative estimate of drug-likeness (QED) is 0.869. The molecule has 94 valence electrons. The van der Waals surface area contributed by atoms with E-state index < -0.39 is 0 Å². The van der Waals surface area contributed by atoms with Gasteiger partial charge < -0.3 is 5.32 Å². The number of aryl methyl sites for hydroxylation is 1. The van der Waals surface area contributed by atoms with Crippen LogP contribution in [0.1, 0.15) is 36.6 Å². The first-order valence-corrected chi connectivity index (χ1v) is 6.40. The van der Waals surface area contributed by atoms with E-state index in [1.165, 1.54) is 11.1 Å². The van der Waals surface area contributed by atoms with Gasteiger partial charge in [0.1, 0.15) is 0 Å². The molecule has 0 atom stereocenters. The highest BCUT2D eigenvalue weighted by atomic mass is 14.9. The van der Waals surface area contributed by atoms with E-state index in [-0.39, 0.29) is 0 Å². The van der Waals surface area contributed by atoms with Crippen molar-refractivity contribution in [3.8, 4) is 0 Å². The first kappa shape index (κ1) is 12.6. The number of benzene rings is 1. The summed E-state index contributed by atoms with van der Waals surface area (Å²) in [6.07, 6.45) is 1.92. The van der Waals surface area contributed by atoms with E-state index in [9.17, 15) is 0 Å². The van der Waals surface area contributed by atoms with Gasteiger partial charge in [-0.25, -0.2) is 0 Å². The van der Waals surface area contributed by atoms with Gasteiger partial charge in [-0.2, -0.15) is 0 Å². The molecule has 0 saturated carbocycles. The highest BCUT2D eigenvalue weighted by Crippen LogP contribution is 2.17. The van der Waals surface area contributed by atoms with E-state index in [0.717, 1.165) is 17.9 Å². The van der Waals surface area contributed by atoms with Crippen LogP contribution in [0.5, 0.6) is 0 Å². The van der Waals surface area contributed by atoms with Crippen molar-refractivity contribution in [2.75, 3.05) is 5.32 Å². The van der Waals surface area contributed by atoms with E-state index in [4.69, 9.17) is 0 Å². The number of rotatable bonds is 4. The van der Waals surface area contributed by atoms with Crippen LogP contribution in [0.25, 0.3) is 0 Å². The van der Waals surface area contributed by atoms with Crippen LogP contribution in [0.4, 0.5) is 5.69 Å². The van der Waals surface area contributed by atoms with Crippen LogP contribution in [0.3, 0.4) is 0 Å². The van der Waals surface area contributed by atoms with Crippen molar-refractivity contribution in [3.63, 3.8) is 0 Å². The molecule has 0 bridgehead atoms. The highest BCUT2D eigenvalue weighted by molar-refractivity contribution is 5.45. The van der Waals surface area contributed by atoms with Gasteiger partial charge >= 0.3 is 0 Å². The average Bonchev–Trinajstić information content (AvgIpc) is 2.38. The van der Waals surface area contributed by atoms with Crippen LogP contribution in [0.15, 0.2) is 42.6 Å². The van der Waals surface area contributed by atoms with Gasteiger partial charge in [0, 0.05) is 24.1 Å². The topological polar surface area (TPSA) is 24.9 Å². The van der Waals surface area contributed by atoms with Gasteiger partial charge in [-0.05, 0) is 42.2 Å². The largest absolute Gasteiger partial charge is 0.381 e. The number of pyridine rings is 1. The zero-order valence-corrected chi connectivity index (χ0v) is 11.3. The maximum absolute atomic E-state index is 4.29. The zero-order valence-electron chi connectivity index (χ0n) is 11.3. The summed E-state index contributed by atoms with van der Waals surface area (Å²) in [7, 11) is 0. The second-order valence-corrected chi connectivity index (χ2v) is 4.94. The van der Waals surface area contributed by atoms with Crippen molar-refractivity contribution in [1.82, 2.24) is 4.98 Å². The highest BCUT2D eigenvalue weighted by Gasteiger charge is 1.99. The lowest BCUT2D eigenvalue weighted by atomic mass is 10.0. The van der Waals surface area contributed by atoms with Gasteiger partial charge in [0.05, 0.1) is 0 Å². The Morgan fingerprint density at radius 3 is 2.33 bits per heavy atom. The Kier molecular flexibility index (Phi) is 3.98. The predicted molar refractivity (Wildman–Crippen MR) is 76.8 cm³/mol. The smallest absolute Gasteiger partial charge is 0.0416 e. The van der Waals surface area contributed by atoms with Gasteiger partial charge in [0.2, 0.25) is 0 Å².